The Morgan fingerprint density at radius 3 is 1.88 bits per heavy atom. The SMILES string of the molecule is C1=C(c2ccccc2)NC(c2ccc3c(ccc4ccc5c(c43)NC(c3ccc4c(c3)C3(c6ccccc6-4)c4ccccc4-c4cc6ccccc6cc43)S5)c2)NC1c1ccccc1. The average Bonchev–Trinajstić information content (AvgIpc) is 4.03. The molecule has 2 aliphatic heterocycles. The van der Waals surface area contributed by atoms with Crippen LogP contribution in [0.5, 0.6) is 0 Å². The number of thioether (sulfide) groups is 1. The average molecular weight is 836 g/mol. The molecule has 0 amide bonds. The zero-order valence-corrected chi connectivity index (χ0v) is 35.7. The van der Waals surface area contributed by atoms with E-state index in [0.29, 0.717) is 0 Å². The Kier molecular flexibility index (Phi) is 7.80. The summed E-state index contributed by atoms with van der Waals surface area (Å²) in [6.45, 7) is 0. The minimum absolute atomic E-state index is 0.0580. The van der Waals surface area contributed by atoms with Crippen molar-refractivity contribution in [3.63, 3.8) is 0 Å². The Labute approximate surface area is 376 Å². The summed E-state index contributed by atoms with van der Waals surface area (Å²) in [5.74, 6) is 0. The van der Waals surface area contributed by atoms with E-state index in [-0.39, 0.29) is 17.6 Å². The van der Waals surface area contributed by atoms with Crippen molar-refractivity contribution >= 4 is 55.5 Å². The van der Waals surface area contributed by atoms with Gasteiger partial charge in [-0.25, -0.2) is 0 Å². The lowest BCUT2D eigenvalue weighted by Gasteiger charge is -2.33. The Morgan fingerprint density at radius 2 is 1.06 bits per heavy atom. The first-order valence-corrected chi connectivity index (χ1v) is 23.2. The number of anilines is 1. The predicted octanol–water partition coefficient (Wildman–Crippen LogP) is 14.7. The molecule has 2 aliphatic carbocycles. The van der Waals surface area contributed by atoms with E-state index in [1.165, 1.54) is 110 Å². The first-order chi connectivity index (χ1) is 31.7. The number of fused-ring (bicyclic) bond motifs is 16. The van der Waals surface area contributed by atoms with Crippen molar-refractivity contribution in [2.45, 2.75) is 27.9 Å². The van der Waals surface area contributed by atoms with Gasteiger partial charge in [0.2, 0.25) is 0 Å². The van der Waals surface area contributed by atoms with Crippen molar-refractivity contribution in [2.24, 2.45) is 0 Å². The van der Waals surface area contributed by atoms with Gasteiger partial charge in [0.1, 0.15) is 11.5 Å². The molecule has 3 nitrogen and oxygen atoms in total. The summed E-state index contributed by atoms with van der Waals surface area (Å²) in [6.07, 6.45) is 2.24. The molecule has 302 valence electrons. The van der Waals surface area contributed by atoms with Crippen LogP contribution in [0.1, 0.15) is 62.1 Å². The van der Waals surface area contributed by atoms with Gasteiger partial charge < -0.3 is 10.6 Å². The zero-order chi connectivity index (χ0) is 41.9. The fourth-order valence-electron chi connectivity index (χ4n) is 11.5. The summed E-state index contributed by atoms with van der Waals surface area (Å²) in [7, 11) is 0. The van der Waals surface area contributed by atoms with Gasteiger partial charge in [0.15, 0.2) is 0 Å². The minimum atomic E-state index is -0.407. The van der Waals surface area contributed by atoms with Crippen LogP contribution in [0.25, 0.3) is 60.3 Å². The van der Waals surface area contributed by atoms with Gasteiger partial charge in [-0.3, -0.25) is 5.32 Å². The van der Waals surface area contributed by atoms with Gasteiger partial charge >= 0.3 is 0 Å². The smallest absolute Gasteiger partial charge is 0.104 e. The van der Waals surface area contributed by atoms with Crippen molar-refractivity contribution in [2.75, 3.05) is 5.32 Å². The summed E-state index contributed by atoms with van der Waals surface area (Å²) in [5, 5.41) is 19.5. The molecule has 10 aromatic rings. The van der Waals surface area contributed by atoms with Crippen molar-refractivity contribution in [1.29, 1.82) is 0 Å². The van der Waals surface area contributed by atoms with Crippen LogP contribution in [0.2, 0.25) is 0 Å². The van der Waals surface area contributed by atoms with Crippen LogP contribution in [0.4, 0.5) is 5.69 Å². The predicted molar refractivity (Wildman–Crippen MR) is 267 cm³/mol. The molecule has 10 aromatic carbocycles. The van der Waals surface area contributed by atoms with Gasteiger partial charge in [-0.15, -0.1) is 0 Å². The van der Waals surface area contributed by atoms with E-state index in [0.717, 1.165) is 5.70 Å². The molecular weight excluding hydrogens is 795 g/mol. The van der Waals surface area contributed by atoms with Crippen LogP contribution in [-0.4, -0.2) is 0 Å². The number of nitrogens with one attached hydrogen (secondary N) is 3. The Balaban J connectivity index is 0.857. The number of hydrogen-bond donors (Lipinski definition) is 3. The van der Waals surface area contributed by atoms with Crippen LogP contribution < -0.4 is 16.0 Å². The monoisotopic (exact) mass is 835 g/mol. The van der Waals surface area contributed by atoms with Crippen LogP contribution in [0.15, 0.2) is 217 Å². The summed E-state index contributed by atoms with van der Waals surface area (Å²) in [5.41, 5.74) is 17.7. The van der Waals surface area contributed by atoms with E-state index >= 15 is 0 Å². The zero-order valence-electron chi connectivity index (χ0n) is 34.8. The maximum absolute atomic E-state index is 4.10. The molecule has 64 heavy (non-hydrogen) atoms. The molecular formula is C60H41N3S. The molecule has 4 aliphatic rings. The highest BCUT2D eigenvalue weighted by molar-refractivity contribution is 8.00. The molecule has 0 fully saturated rings. The van der Waals surface area contributed by atoms with Gasteiger partial charge in [0.25, 0.3) is 0 Å². The van der Waals surface area contributed by atoms with Gasteiger partial charge in [-0.1, -0.05) is 194 Å². The van der Waals surface area contributed by atoms with Gasteiger partial charge in [0, 0.05) is 16.0 Å². The quantitative estimate of drug-likeness (QED) is 0.154. The molecule has 3 N–H and O–H groups in total. The third kappa shape index (κ3) is 5.21. The van der Waals surface area contributed by atoms with Gasteiger partial charge in [0.05, 0.1) is 17.1 Å². The van der Waals surface area contributed by atoms with Crippen LogP contribution in [-0.2, 0) is 5.41 Å². The molecule has 1 spiro atoms. The van der Waals surface area contributed by atoms with Crippen LogP contribution in [0, 0.1) is 0 Å². The first-order valence-electron chi connectivity index (χ1n) is 22.3. The normalized spacial score (nSPS) is 20.0. The lowest BCUT2D eigenvalue weighted by Crippen LogP contribution is -2.39. The molecule has 0 saturated heterocycles. The molecule has 0 bridgehead atoms. The summed E-state index contributed by atoms with van der Waals surface area (Å²) < 4.78 is 0. The van der Waals surface area contributed by atoms with Crippen LogP contribution >= 0.6 is 11.8 Å². The first kappa shape index (κ1) is 36.1. The van der Waals surface area contributed by atoms with Crippen LogP contribution in [0.3, 0.4) is 0 Å². The summed E-state index contributed by atoms with van der Waals surface area (Å²) >= 11 is 1.93. The highest BCUT2D eigenvalue weighted by atomic mass is 32.2. The Bertz CT molecular complexity index is 3600. The standard InChI is InChI=1S/C60H41N3S/c1-3-13-36(14-4-1)53-35-54(37-15-5-2-6-16-37)62-58(61-53)42-25-28-44-41(31-42)24-23-38-27-30-55-57(56(38)44)63-59(64-55)43-26-29-47-45-19-9-11-21-49(45)60(51(47)34-43)50-22-12-10-20-46(50)48-32-39-17-7-8-18-40(39)33-52(48)60/h1-35,53,58-59,61-63H. The fraction of sp³-hybridized carbons (Fsp3) is 0.0667. The van der Waals surface area contributed by atoms with E-state index < -0.39 is 5.41 Å². The lowest BCUT2D eigenvalue weighted by molar-refractivity contribution is 0.443. The van der Waals surface area contributed by atoms with E-state index in [1.54, 1.807) is 0 Å². The van der Waals surface area contributed by atoms with Gasteiger partial charge in [-0.05, 0) is 124 Å². The third-order valence-corrected chi connectivity index (χ3v) is 15.6. The molecule has 0 radical (unpaired) electrons. The maximum Gasteiger partial charge on any atom is 0.104 e. The van der Waals surface area contributed by atoms with Crippen molar-refractivity contribution in [3.8, 4) is 22.3 Å². The second-order valence-corrected chi connectivity index (χ2v) is 18.8. The number of hydrogen-bond acceptors (Lipinski definition) is 4. The topological polar surface area (TPSA) is 36.1 Å². The highest BCUT2D eigenvalue weighted by Gasteiger charge is 2.52. The number of rotatable bonds is 4. The van der Waals surface area contributed by atoms with E-state index in [1.807, 2.05) is 11.8 Å². The lowest BCUT2D eigenvalue weighted by atomic mass is 9.70. The molecule has 14 rings (SSSR count). The minimum Gasteiger partial charge on any atom is -0.368 e. The van der Waals surface area contributed by atoms with E-state index in [2.05, 4.69) is 228 Å². The largest absolute Gasteiger partial charge is 0.368 e. The summed E-state index contributed by atoms with van der Waals surface area (Å²) in [6, 6.07) is 76.9. The summed E-state index contributed by atoms with van der Waals surface area (Å²) in [4.78, 5) is 1.29. The Morgan fingerprint density at radius 1 is 0.422 bits per heavy atom. The maximum atomic E-state index is 4.10. The molecule has 4 heteroatoms. The molecule has 0 saturated carbocycles. The molecule has 4 atom stereocenters. The Hall–Kier alpha value is -7.37. The van der Waals surface area contributed by atoms with E-state index in [9.17, 15) is 0 Å². The van der Waals surface area contributed by atoms with Gasteiger partial charge in [-0.2, -0.15) is 0 Å². The molecule has 2 heterocycles. The van der Waals surface area contributed by atoms with E-state index in [4.69, 9.17) is 0 Å². The van der Waals surface area contributed by atoms with Crippen molar-refractivity contribution in [1.82, 2.24) is 10.6 Å². The fourth-order valence-corrected chi connectivity index (χ4v) is 12.6. The third-order valence-electron chi connectivity index (χ3n) is 14.3. The second kappa shape index (κ2) is 13.8. The van der Waals surface area contributed by atoms with Crippen molar-refractivity contribution in [3.05, 3.63) is 257 Å². The second-order valence-electron chi connectivity index (χ2n) is 17.7. The molecule has 0 aromatic heterocycles. The number of benzene rings is 10. The van der Waals surface area contributed by atoms with Crippen molar-refractivity contribution < 1.29 is 0 Å². The molecule has 4 unspecified atom stereocenters. The highest BCUT2D eigenvalue weighted by Crippen LogP contribution is 2.64.